The topological polar surface area (TPSA) is 35.8 Å². The lowest BCUT2D eigenvalue weighted by Gasteiger charge is -2.12. The van der Waals surface area contributed by atoms with Gasteiger partial charge in [0.15, 0.2) is 0 Å². The molecule has 0 heterocycles. The van der Waals surface area contributed by atoms with Crippen LogP contribution in [0.15, 0.2) is 24.3 Å². The first-order valence-corrected chi connectivity index (χ1v) is 5.60. The van der Waals surface area contributed by atoms with E-state index in [0.717, 1.165) is 13.0 Å². The summed E-state index contributed by atoms with van der Waals surface area (Å²) in [5.74, 6) is 0. The van der Waals surface area contributed by atoms with Gasteiger partial charge in [0.05, 0.1) is 6.07 Å². The van der Waals surface area contributed by atoms with E-state index in [0.29, 0.717) is 12.5 Å². The predicted octanol–water partition coefficient (Wildman–Crippen LogP) is 2.57. The van der Waals surface area contributed by atoms with Gasteiger partial charge in [0, 0.05) is 12.5 Å². The molecule has 1 aliphatic rings. The van der Waals surface area contributed by atoms with Crippen LogP contribution < -0.4 is 5.32 Å². The van der Waals surface area contributed by atoms with Crippen molar-refractivity contribution in [3.63, 3.8) is 0 Å². The van der Waals surface area contributed by atoms with Crippen molar-refractivity contribution in [3.05, 3.63) is 35.4 Å². The number of benzene rings is 1. The van der Waals surface area contributed by atoms with Crippen LogP contribution in [-0.4, -0.2) is 6.54 Å². The second-order valence-electron chi connectivity index (χ2n) is 4.01. The number of fused-ring (bicyclic) bond motifs is 1. The molecule has 0 fully saturated rings. The quantitative estimate of drug-likeness (QED) is 0.758. The molecular formula is C13H16N2. The summed E-state index contributed by atoms with van der Waals surface area (Å²) >= 11 is 0. The highest BCUT2D eigenvalue weighted by Gasteiger charge is 2.20. The van der Waals surface area contributed by atoms with E-state index in [9.17, 15) is 0 Å². The van der Waals surface area contributed by atoms with Gasteiger partial charge in [0.25, 0.3) is 0 Å². The first-order chi connectivity index (χ1) is 7.42. The number of hydrogen-bond donors (Lipinski definition) is 1. The molecule has 1 unspecified atom stereocenters. The summed E-state index contributed by atoms with van der Waals surface area (Å²) in [5.41, 5.74) is 2.93. The Morgan fingerprint density at radius 2 is 2.27 bits per heavy atom. The number of nitrogens with one attached hydrogen (secondary N) is 1. The lowest BCUT2D eigenvalue weighted by Crippen LogP contribution is -2.20. The second kappa shape index (κ2) is 4.95. The Morgan fingerprint density at radius 3 is 3.13 bits per heavy atom. The van der Waals surface area contributed by atoms with Gasteiger partial charge >= 0.3 is 0 Å². The summed E-state index contributed by atoms with van der Waals surface area (Å²) in [6.45, 7) is 0.951. The fourth-order valence-corrected chi connectivity index (χ4v) is 2.21. The van der Waals surface area contributed by atoms with Gasteiger partial charge in [0.1, 0.15) is 0 Å². The highest BCUT2D eigenvalue weighted by atomic mass is 14.9. The van der Waals surface area contributed by atoms with Crippen molar-refractivity contribution in [3.8, 4) is 6.07 Å². The third kappa shape index (κ3) is 2.37. The van der Waals surface area contributed by atoms with Crippen molar-refractivity contribution in [2.45, 2.75) is 31.7 Å². The van der Waals surface area contributed by atoms with Crippen molar-refractivity contribution in [1.29, 1.82) is 5.26 Å². The van der Waals surface area contributed by atoms with Crippen molar-refractivity contribution >= 4 is 0 Å². The zero-order valence-electron chi connectivity index (χ0n) is 8.87. The van der Waals surface area contributed by atoms with Gasteiger partial charge in [-0.05, 0) is 36.9 Å². The first kappa shape index (κ1) is 10.2. The maximum atomic E-state index is 8.44. The molecular weight excluding hydrogens is 184 g/mol. The van der Waals surface area contributed by atoms with Gasteiger partial charge in [0.2, 0.25) is 0 Å². The average molecular weight is 200 g/mol. The Bertz CT molecular complexity index is 365. The van der Waals surface area contributed by atoms with Crippen LogP contribution in [0.4, 0.5) is 0 Å². The lowest BCUT2D eigenvalue weighted by molar-refractivity contribution is 0.523. The van der Waals surface area contributed by atoms with Gasteiger partial charge < -0.3 is 5.32 Å². The monoisotopic (exact) mass is 200 g/mol. The van der Waals surface area contributed by atoms with E-state index in [1.165, 1.54) is 24.0 Å². The summed E-state index contributed by atoms with van der Waals surface area (Å²) < 4.78 is 0. The van der Waals surface area contributed by atoms with E-state index in [4.69, 9.17) is 5.26 Å². The van der Waals surface area contributed by atoms with Crippen molar-refractivity contribution < 1.29 is 0 Å². The Kier molecular flexibility index (Phi) is 3.37. The van der Waals surface area contributed by atoms with Crippen LogP contribution in [0.5, 0.6) is 0 Å². The number of nitriles is 1. The van der Waals surface area contributed by atoms with Crippen LogP contribution in [0.25, 0.3) is 0 Å². The maximum absolute atomic E-state index is 8.44. The van der Waals surface area contributed by atoms with Gasteiger partial charge in [-0.3, -0.25) is 0 Å². The molecule has 0 radical (unpaired) electrons. The Labute approximate surface area is 90.9 Å². The average Bonchev–Trinajstić information content (AvgIpc) is 2.68. The molecule has 0 amide bonds. The van der Waals surface area contributed by atoms with Gasteiger partial charge in [-0.25, -0.2) is 0 Å². The van der Waals surface area contributed by atoms with Crippen LogP contribution in [-0.2, 0) is 6.42 Å². The minimum absolute atomic E-state index is 0.514. The van der Waals surface area contributed by atoms with Crippen molar-refractivity contribution in [1.82, 2.24) is 5.32 Å². The number of rotatable bonds is 4. The molecule has 78 valence electrons. The van der Waals surface area contributed by atoms with E-state index in [2.05, 4.69) is 35.7 Å². The fourth-order valence-electron chi connectivity index (χ4n) is 2.21. The molecule has 0 saturated carbocycles. The highest BCUT2D eigenvalue weighted by Crippen LogP contribution is 2.30. The zero-order valence-corrected chi connectivity index (χ0v) is 8.87. The van der Waals surface area contributed by atoms with Gasteiger partial charge in [-0.15, -0.1) is 0 Å². The van der Waals surface area contributed by atoms with E-state index in [-0.39, 0.29) is 0 Å². The standard InChI is InChI=1S/C13H16N2/c14-9-3-4-10-15-13-8-7-11-5-1-2-6-12(11)13/h1-2,5-6,13,15H,3-4,7-8,10H2. The fraction of sp³-hybridized carbons (Fsp3) is 0.462. The largest absolute Gasteiger partial charge is 0.310 e. The minimum Gasteiger partial charge on any atom is -0.310 e. The SMILES string of the molecule is N#CCCCNC1CCc2ccccc21. The maximum Gasteiger partial charge on any atom is 0.0622 e. The summed E-state index contributed by atoms with van der Waals surface area (Å²) in [6.07, 6.45) is 3.99. The Balaban J connectivity index is 1.88. The number of aryl methyl sites for hydroxylation is 1. The van der Waals surface area contributed by atoms with Crippen molar-refractivity contribution in [2.24, 2.45) is 0 Å². The Morgan fingerprint density at radius 1 is 1.40 bits per heavy atom. The molecule has 1 N–H and O–H groups in total. The molecule has 2 nitrogen and oxygen atoms in total. The molecule has 0 bridgehead atoms. The van der Waals surface area contributed by atoms with Crippen LogP contribution in [0.2, 0.25) is 0 Å². The second-order valence-corrected chi connectivity index (χ2v) is 4.01. The molecule has 1 atom stereocenters. The molecule has 15 heavy (non-hydrogen) atoms. The van der Waals surface area contributed by atoms with E-state index in [1.807, 2.05) is 0 Å². The Hall–Kier alpha value is -1.33. The third-order valence-corrected chi connectivity index (χ3v) is 2.99. The summed E-state index contributed by atoms with van der Waals surface area (Å²) in [5, 5.41) is 12.0. The van der Waals surface area contributed by atoms with Gasteiger partial charge in [-0.1, -0.05) is 24.3 Å². The number of unbranched alkanes of at least 4 members (excludes halogenated alkanes) is 1. The predicted molar refractivity (Wildman–Crippen MR) is 60.4 cm³/mol. The smallest absolute Gasteiger partial charge is 0.0622 e. The van der Waals surface area contributed by atoms with Crippen molar-refractivity contribution in [2.75, 3.05) is 6.54 Å². The minimum atomic E-state index is 0.514. The molecule has 0 aromatic heterocycles. The van der Waals surface area contributed by atoms with E-state index in [1.54, 1.807) is 0 Å². The molecule has 0 aliphatic heterocycles. The molecule has 2 rings (SSSR count). The highest BCUT2D eigenvalue weighted by molar-refractivity contribution is 5.34. The summed E-state index contributed by atoms with van der Waals surface area (Å²) in [6, 6.07) is 11.3. The van der Waals surface area contributed by atoms with Crippen LogP contribution in [0.3, 0.4) is 0 Å². The lowest BCUT2D eigenvalue weighted by atomic mass is 10.1. The first-order valence-electron chi connectivity index (χ1n) is 5.60. The summed E-state index contributed by atoms with van der Waals surface area (Å²) in [4.78, 5) is 0. The zero-order chi connectivity index (χ0) is 10.5. The van der Waals surface area contributed by atoms with Crippen LogP contribution >= 0.6 is 0 Å². The molecule has 2 heteroatoms. The number of hydrogen-bond acceptors (Lipinski definition) is 2. The van der Waals surface area contributed by atoms with E-state index < -0.39 is 0 Å². The third-order valence-electron chi connectivity index (χ3n) is 2.99. The molecule has 0 spiro atoms. The van der Waals surface area contributed by atoms with Crippen LogP contribution in [0.1, 0.15) is 36.4 Å². The molecule has 1 aliphatic carbocycles. The van der Waals surface area contributed by atoms with E-state index >= 15 is 0 Å². The van der Waals surface area contributed by atoms with Gasteiger partial charge in [-0.2, -0.15) is 5.26 Å². The summed E-state index contributed by atoms with van der Waals surface area (Å²) in [7, 11) is 0. The van der Waals surface area contributed by atoms with Crippen LogP contribution in [0, 0.1) is 11.3 Å². The molecule has 1 aromatic rings. The normalized spacial score (nSPS) is 18.5. The molecule has 1 aromatic carbocycles. The number of nitrogens with zero attached hydrogens (tertiary/aromatic N) is 1. The molecule has 0 saturated heterocycles.